The Morgan fingerprint density at radius 2 is 1.76 bits per heavy atom. The van der Waals surface area contributed by atoms with E-state index < -0.39 is 0 Å². The van der Waals surface area contributed by atoms with Crippen LogP contribution in [-0.2, 0) is 7.05 Å². The number of nitrogen functional groups attached to an aromatic ring is 1. The third-order valence-corrected chi connectivity index (χ3v) is 2.10. The predicted molar refractivity (Wildman–Crippen MR) is 67.9 cm³/mol. The van der Waals surface area contributed by atoms with Crippen molar-refractivity contribution in [1.82, 2.24) is 9.78 Å². The van der Waals surface area contributed by atoms with Crippen molar-refractivity contribution >= 4 is 18.1 Å². The minimum Gasteiger partial charge on any atom is -0.497 e. The monoisotopic (exact) mass is 255 g/mol. The average molecular weight is 256 g/mol. The molecule has 2 aromatic rings. The molecule has 0 saturated heterocycles. The van der Waals surface area contributed by atoms with Crippen LogP contribution in [0.4, 0.5) is 5.69 Å². The molecular weight excluding hydrogens is 242 g/mol. The number of aromatic nitrogens is 2. The van der Waals surface area contributed by atoms with Crippen molar-refractivity contribution in [3.05, 3.63) is 30.5 Å². The third kappa shape index (κ3) is 3.04. The van der Waals surface area contributed by atoms with Gasteiger partial charge in [0.15, 0.2) is 0 Å². The summed E-state index contributed by atoms with van der Waals surface area (Å²) in [4.78, 5) is 0. The molecule has 0 amide bonds. The van der Waals surface area contributed by atoms with E-state index in [2.05, 4.69) is 5.10 Å². The van der Waals surface area contributed by atoms with E-state index in [0.717, 1.165) is 5.75 Å². The summed E-state index contributed by atoms with van der Waals surface area (Å²) in [5.41, 5.74) is 6.22. The summed E-state index contributed by atoms with van der Waals surface area (Å²) in [6, 6.07) is 7.23. The minimum absolute atomic E-state index is 0. The van der Waals surface area contributed by atoms with Gasteiger partial charge in [0.05, 0.1) is 13.3 Å². The van der Waals surface area contributed by atoms with E-state index in [-0.39, 0.29) is 12.4 Å². The summed E-state index contributed by atoms with van der Waals surface area (Å²) < 4.78 is 12.2. The molecule has 0 atom stereocenters. The number of nitrogens with zero attached hydrogens (tertiary/aromatic N) is 2. The predicted octanol–water partition coefficient (Wildman–Crippen LogP) is 2.23. The van der Waals surface area contributed by atoms with Crippen LogP contribution < -0.4 is 15.2 Å². The molecule has 2 N–H and O–H groups in total. The first kappa shape index (κ1) is 13.2. The highest BCUT2D eigenvalue weighted by Crippen LogP contribution is 2.26. The smallest absolute Gasteiger partial charge is 0.261 e. The topological polar surface area (TPSA) is 62.3 Å². The van der Waals surface area contributed by atoms with Crippen molar-refractivity contribution in [1.29, 1.82) is 0 Å². The molecule has 5 nitrogen and oxygen atoms in total. The molecule has 0 bridgehead atoms. The molecule has 92 valence electrons. The average Bonchev–Trinajstić information content (AvgIpc) is 2.59. The molecule has 1 aromatic carbocycles. The quantitative estimate of drug-likeness (QED) is 0.914. The molecular formula is C11H14ClN3O2. The number of benzene rings is 1. The lowest BCUT2D eigenvalue weighted by Crippen LogP contribution is -1.91. The third-order valence-electron chi connectivity index (χ3n) is 2.10. The number of nitrogens with two attached hydrogens (primary N) is 1. The zero-order valence-electron chi connectivity index (χ0n) is 9.58. The molecule has 0 aliphatic rings. The molecule has 0 saturated carbocycles. The first-order chi connectivity index (χ1) is 7.69. The van der Waals surface area contributed by atoms with Gasteiger partial charge in [0, 0.05) is 7.05 Å². The van der Waals surface area contributed by atoms with Crippen molar-refractivity contribution in [3.63, 3.8) is 0 Å². The highest BCUT2D eigenvalue weighted by atomic mass is 35.5. The van der Waals surface area contributed by atoms with Crippen LogP contribution in [0.1, 0.15) is 0 Å². The van der Waals surface area contributed by atoms with Gasteiger partial charge in [-0.3, -0.25) is 4.68 Å². The zero-order chi connectivity index (χ0) is 11.5. The van der Waals surface area contributed by atoms with Crippen LogP contribution in [0.3, 0.4) is 0 Å². The number of ether oxygens (including phenoxy) is 2. The van der Waals surface area contributed by atoms with Gasteiger partial charge in [-0.1, -0.05) is 0 Å². The van der Waals surface area contributed by atoms with Gasteiger partial charge in [-0.25, -0.2) is 0 Å². The van der Waals surface area contributed by atoms with Crippen LogP contribution in [0.25, 0.3) is 0 Å². The Bertz CT molecular complexity index is 482. The highest BCUT2D eigenvalue weighted by molar-refractivity contribution is 5.85. The van der Waals surface area contributed by atoms with Crippen molar-refractivity contribution in [2.45, 2.75) is 0 Å². The van der Waals surface area contributed by atoms with Crippen LogP contribution >= 0.6 is 12.4 Å². The number of aryl methyl sites for hydroxylation is 1. The SMILES string of the molecule is COc1ccc(Oc2nn(C)cc2N)cc1.Cl. The van der Waals surface area contributed by atoms with Crippen LogP contribution in [0, 0.1) is 0 Å². The summed E-state index contributed by atoms with van der Waals surface area (Å²) in [6.07, 6.45) is 1.69. The Kier molecular flexibility index (Phi) is 4.23. The molecule has 1 heterocycles. The fraction of sp³-hybridized carbons (Fsp3) is 0.182. The van der Waals surface area contributed by atoms with Crippen molar-refractivity contribution in [2.24, 2.45) is 7.05 Å². The maximum absolute atomic E-state index is 5.71. The molecule has 0 aliphatic carbocycles. The van der Waals surface area contributed by atoms with Crippen LogP contribution in [-0.4, -0.2) is 16.9 Å². The van der Waals surface area contributed by atoms with Gasteiger partial charge < -0.3 is 15.2 Å². The van der Waals surface area contributed by atoms with Crippen molar-refractivity contribution in [2.75, 3.05) is 12.8 Å². The van der Waals surface area contributed by atoms with Crippen LogP contribution in [0.2, 0.25) is 0 Å². The summed E-state index contributed by atoms with van der Waals surface area (Å²) in [7, 11) is 3.41. The normalized spacial score (nSPS) is 9.53. The molecule has 0 spiro atoms. The van der Waals surface area contributed by atoms with E-state index in [9.17, 15) is 0 Å². The van der Waals surface area contributed by atoms with Gasteiger partial charge in [0.25, 0.3) is 5.88 Å². The molecule has 17 heavy (non-hydrogen) atoms. The molecule has 0 radical (unpaired) electrons. The Morgan fingerprint density at radius 1 is 1.18 bits per heavy atom. The second-order valence-electron chi connectivity index (χ2n) is 3.34. The summed E-state index contributed by atoms with van der Waals surface area (Å²) >= 11 is 0. The fourth-order valence-electron chi connectivity index (χ4n) is 1.32. The molecule has 2 rings (SSSR count). The molecule has 0 aliphatic heterocycles. The molecule has 1 aromatic heterocycles. The van der Waals surface area contributed by atoms with E-state index in [4.69, 9.17) is 15.2 Å². The fourth-order valence-corrected chi connectivity index (χ4v) is 1.32. The first-order valence-electron chi connectivity index (χ1n) is 4.80. The lowest BCUT2D eigenvalue weighted by Gasteiger charge is -2.04. The second kappa shape index (κ2) is 5.45. The summed E-state index contributed by atoms with van der Waals surface area (Å²) in [5.74, 6) is 1.86. The largest absolute Gasteiger partial charge is 0.497 e. The number of methoxy groups -OCH3 is 1. The zero-order valence-corrected chi connectivity index (χ0v) is 10.4. The van der Waals surface area contributed by atoms with Crippen molar-refractivity contribution in [3.8, 4) is 17.4 Å². The number of halogens is 1. The van der Waals surface area contributed by atoms with Gasteiger partial charge >= 0.3 is 0 Å². The van der Waals surface area contributed by atoms with Gasteiger partial charge in [-0.05, 0) is 24.3 Å². The standard InChI is InChI=1S/C11H13N3O2.ClH/c1-14-7-10(12)11(13-14)16-9-5-3-8(15-2)4-6-9;/h3-7H,12H2,1-2H3;1H. The van der Waals surface area contributed by atoms with E-state index in [0.29, 0.717) is 17.3 Å². The maximum atomic E-state index is 5.71. The molecule has 0 fully saturated rings. The van der Waals surface area contributed by atoms with Crippen molar-refractivity contribution < 1.29 is 9.47 Å². The Hall–Kier alpha value is -1.88. The Balaban J connectivity index is 0.00000144. The van der Waals surface area contributed by atoms with Crippen LogP contribution in [0.15, 0.2) is 30.5 Å². The Labute approximate surface area is 106 Å². The van der Waals surface area contributed by atoms with E-state index >= 15 is 0 Å². The minimum atomic E-state index is 0. The van der Waals surface area contributed by atoms with E-state index in [1.807, 2.05) is 12.1 Å². The summed E-state index contributed by atoms with van der Waals surface area (Å²) in [6.45, 7) is 0. The Morgan fingerprint density at radius 3 is 2.24 bits per heavy atom. The second-order valence-corrected chi connectivity index (χ2v) is 3.34. The summed E-state index contributed by atoms with van der Waals surface area (Å²) in [5, 5.41) is 4.09. The lowest BCUT2D eigenvalue weighted by molar-refractivity contribution is 0.412. The number of hydrogen-bond donors (Lipinski definition) is 1. The lowest BCUT2D eigenvalue weighted by atomic mass is 10.3. The van der Waals surface area contributed by atoms with Crippen LogP contribution in [0.5, 0.6) is 17.4 Å². The van der Waals surface area contributed by atoms with Gasteiger partial charge in [-0.15, -0.1) is 17.5 Å². The van der Waals surface area contributed by atoms with E-state index in [1.165, 1.54) is 0 Å². The van der Waals surface area contributed by atoms with Gasteiger partial charge in [-0.2, -0.15) is 0 Å². The number of hydrogen-bond acceptors (Lipinski definition) is 4. The highest BCUT2D eigenvalue weighted by Gasteiger charge is 2.06. The molecule has 6 heteroatoms. The first-order valence-corrected chi connectivity index (χ1v) is 4.80. The van der Waals surface area contributed by atoms with E-state index in [1.54, 1.807) is 37.2 Å². The van der Waals surface area contributed by atoms with Gasteiger partial charge in [0.1, 0.15) is 17.2 Å². The van der Waals surface area contributed by atoms with Gasteiger partial charge in [0.2, 0.25) is 0 Å². The molecule has 0 unspecified atom stereocenters. The number of rotatable bonds is 3. The maximum Gasteiger partial charge on any atom is 0.261 e. The number of anilines is 1.